The minimum absolute atomic E-state index is 0.0202. The number of nitrogens with one attached hydrogen (secondary N) is 1. The lowest BCUT2D eigenvalue weighted by atomic mass is 10.1. The van der Waals surface area contributed by atoms with Gasteiger partial charge < -0.3 is 20.1 Å². The summed E-state index contributed by atoms with van der Waals surface area (Å²) in [6.45, 7) is 6.76. The van der Waals surface area contributed by atoms with E-state index in [4.69, 9.17) is 4.74 Å². The first-order valence-corrected chi connectivity index (χ1v) is 8.46. The number of rotatable bonds is 7. The smallest absolute Gasteiger partial charge is 0.407 e. The van der Waals surface area contributed by atoms with E-state index in [1.807, 2.05) is 0 Å². The topological polar surface area (TPSA) is 113 Å². The predicted molar refractivity (Wildman–Crippen MR) is 88.5 cm³/mol. The van der Waals surface area contributed by atoms with Gasteiger partial charge in [-0.05, 0) is 0 Å². The molecule has 2 amide bonds. The Balaban J connectivity index is 2.68. The third-order valence-corrected chi connectivity index (χ3v) is 4.53. The van der Waals surface area contributed by atoms with Gasteiger partial charge in [-0.1, -0.05) is 24.8 Å². The quantitative estimate of drug-likeness (QED) is 0.649. The molecule has 1 unspecified atom stereocenters. The number of hydrogen-bond acceptors (Lipinski definition) is 6. The molecule has 24 heavy (non-hydrogen) atoms. The van der Waals surface area contributed by atoms with Gasteiger partial charge in [0.05, 0.1) is 6.54 Å². The summed E-state index contributed by atoms with van der Waals surface area (Å²) in [6, 6.07) is -1.04. The van der Waals surface area contributed by atoms with E-state index in [0.717, 1.165) is 11.8 Å². The highest BCUT2D eigenvalue weighted by molar-refractivity contribution is 8.13. The molecule has 0 radical (unpaired) electrons. The minimum Gasteiger partial charge on any atom is -0.480 e. The van der Waals surface area contributed by atoms with Crippen LogP contribution in [0.2, 0.25) is 0 Å². The van der Waals surface area contributed by atoms with Gasteiger partial charge in [0.15, 0.2) is 5.12 Å². The molecule has 1 rings (SSSR count). The van der Waals surface area contributed by atoms with Crippen molar-refractivity contribution in [2.75, 3.05) is 18.8 Å². The molecule has 1 aliphatic rings. The molecule has 1 heterocycles. The largest absolute Gasteiger partial charge is 0.480 e. The number of likely N-dealkylation sites (tertiary alicyclic amines) is 1. The van der Waals surface area contributed by atoms with Crippen molar-refractivity contribution < 1.29 is 29.0 Å². The Kier molecular flexibility index (Phi) is 7.76. The third-order valence-electron chi connectivity index (χ3n) is 3.45. The molecule has 1 aliphatic heterocycles. The second kappa shape index (κ2) is 9.31. The van der Waals surface area contributed by atoms with Crippen LogP contribution in [-0.2, 0) is 19.1 Å². The van der Waals surface area contributed by atoms with Gasteiger partial charge in [-0.15, -0.1) is 6.58 Å². The predicted octanol–water partition coefficient (Wildman–Crippen LogP) is 0.869. The average Bonchev–Trinajstić information content (AvgIpc) is 2.93. The molecule has 0 bridgehead atoms. The third kappa shape index (κ3) is 5.88. The van der Waals surface area contributed by atoms with Gasteiger partial charge in [-0.2, -0.15) is 0 Å². The Morgan fingerprint density at radius 2 is 2.12 bits per heavy atom. The zero-order valence-corrected chi connectivity index (χ0v) is 14.5. The Labute approximate surface area is 144 Å². The van der Waals surface area contributed by atoms with Crippen molar-refractivity contribution in [3.63, 3.8) is 0 Å². The molecule has 134 valence electrons. The second-order valence-corrected chi connectivity index (χ2v) is 6.68. The van der Waals surface area contributed by atoms with E-state index in [1.165, 1.54) is 17.9 Å². The van der Waals surface area contributed by atoms with E-state index in [0.29, 0.717) is 0 Å². The maximum absolute atomic E-state index is 12.4. The summed E-state index contributed by atoms with van der Waals surface area (Å²) in [5, 5.41) is 11.6. The average molecular weight is 358 g/mol. The van der Waals surface area contributed by atoms with Crippen LogP contribution in [-0.4, -0.2) is 64.1 Å². The van der Waals surface area contributed by atoms with E-state index in [-0.39, 0.29) is 36.3 Å². The monoisotopic (exact) mass is 358 g/mol. The van der Waals surface area contributed by atoms with Gasteiger partial charge in [0.2, 0.25) is 5.91 Å². The lowest BCUT2D eigenvalue weighted by Gasteiger charge is -2.24. The maximum Gasteiger partial charge on any atom is 0.407 e. The highest BCUT2D eigenvalue weighted by atomic mass is 32.2. The summed E-state index contributed by atoms with van der Waals surface area (Å²) in [5.74, 6) is -1.74. The van der Waals surface area contributed by atoms with Crippen molar-refractivity contribution in [2.45, 2.75) is 32.4 Å². The van der Waals surface area contributed by atoms with Crippen LogP contribution in [0.3, 0.4) is 0 Å². The highest BCUT2D eigenvalue weighted by Crippen LogP contribution is 2.24. The van der Waals surface area contributed by atoms with Gasteiger partial charge in [0.25, 0.3) is 0 Å². The number of carbonyl (C=O) groups is 4. The van der Waals surface area contributed by atoms with Gasteiger partial charge in [0, 0.05) is 31.6 Å². The summed E-state index contributed by atoms with van der Waals surface area (Å²) >= 11 is 1.02. The van der Waals surface area contributed by atoms with Crippen molar-refractivity contribution in [2.24, 2.45) is 5.92 Å². The molecule has 0 spiro atoms. The molecular formula is C15H22N2O6S. The van der Waals surface area contributed by atoms with Gasteiger partial charge >= 0.3 is 12.1 Å². The zero-order valence-electron chi connectivity index (χ0n) is 13.7. The Bertz CT molecular complexity index is 524. The number of nitrogens with zero attached hydrogens (tertiary/aromatic N) is 1. The Morgan fingerprint density at radius 1 is 1.46 bits per heavy atom. The van der Waals surface area contributed by atoms with Crippen LogP contribution >= 0.6 is 11.8 Å². The lowest BCUT2D eigenvalue weighted by molar-refractivity contribution is -0.149. The number of ether oxygens (including phenoxy) is 1. The van der Waals surface area contributed by atoms with E-state index in [2.05, 4.69) is 11.9 Å². The van der Waals surface area contributed by atoms with Crippen LogP contribution < -0.4 is 5.32 Å². The van der Waals surface area contributed by atoms with Crippen LogP contribution in [0.4, 0.5) is 4.79 Å². The summed E-state index contributed by atoms with van der Waals surface area (Å²) in [4.78, 5) is 47.6. The fraction of sp³-hybridized carbons (Fsp3) is 0.600. The summed E-state index contributed by atoms with van der Waals surface area (Å²) in [5.41, 5.74) is 0. The molecule has 2 N–H and O–H groups in total. The fourth-order valence-electron chi connectivity index (χ4n) is 2.31. The number of alkyl carbamates (subject to hydrolysis) is 1. The number of carbonyl (C=O) groups excluding carboxylic acids is 3. The number of amides is 2. The first kappa shape index (κ1) is 20.0. The first-order chi connectivity index (χ1) is 11.3. The Hall–Kier alpha value is -2.03. The summed E-state index contributed by atoms with van der Waals surface area (Å²) < 4.78 is 5.14. The van der Waals surface area contributed by atoms with Crippen LogP contribution in [0.1, 0.15) is 20.3 Å². The Morgan fingerprint density at radius 3 is 2.67 bits per heavy atom. The minimum atomic E-state index is -1.15. The van der Waals surface area contributed by atoms with E-state index >= 15 is 0 Å². The highest BCUT2D eigenvalue weighted by Gasteiger charge is 2.42. The lowest BCUT2D eigenvalue weighted by Crippen LogP contribution is -2.43. The molecule has 9 heteroatoms. The molecule has 0 aromatic heterocycles. The molecule has 3 atom stereocenters. The molecule has 1 fully saturated rings. The normalized spacial score (nSPS) is 21.0. The van der Waals surface area contributed by atoms with Crippen LogP contribution in [0, 0.1) is 5.92 Å². The molecule has 0 aromatic rings. The standard InChI is InChI=1S/C15H22N2O6S/c1-4-5-16-15(22)23-11-6-12(14(20)21)17(7-11)13(19)9(2)8-24-10(3)18/h4,9,11-12H,1,5-8H2,2-3H3,(H,16,22)(H,20,21)/t9?,11-,12-/m0/s1. The molecule has 0 saturated carbocycles. The van der Waals surface area contributed by atoms with Crippen molar-refractivity contribution in [3.8, 4) is 0 Å². The fourth-order valence-corrected chi connectivity index (χ4v) is 2.93. The summed E-state index contributed by atoms with van der Waals surface area (Å²) in [6.07, 6.45) is 0.154. The van der Waals surface area contributed by atoms with Crippen molar-refractivity contribution in [1.82, 2.24) is 10.2 Å². The number of thioether (sulfide) groups is 1. The van der Waals surface area contributed by atoms with Gasteiger partial charge in [-0.25, -0.2) is 9.59 Å². The molecule has 1 saturated heterocycles. The molecule has 0 aliphatic carbocycles. The second-order valence-electron chi connectivity index (χ2n) is 5.48. The van der Waals surface area contributed by atoms with Gasteiger partial charge in [0.1, 0.15) is 12.1 Å². The van der Waals surface area contributed by atoms with Crippen molar-refractivity contribution >= 4 is 34.8 Å². The SMILES string of the molecule is C=CCNC(=O)O[C@H]1C[C@@H](C(=O)O)N(C(=O)C(C)CSC(C)=O)C1. The van der Waals surface area contributed by atoms with E-state index in [1.54, 1.807) is 6.92 Å². The van der Waals surface area contributed by atoms with Crippen LogP contribution in [0.15, 0.2) is 12.7 Å². The molecule has 8 nitrogen and oxygen atoms in total. The van der Waals surface area contributed by atoms with Crippen LogP contribution in [0.5, 0.6) is 0 Å². The zero-order chi connectivity index (χ0) is 18.3. The molecule has 0 aromatic carbocycles. The van der Waals surface area contributed by atoms with E-state index < -0.39 is 30.1 Å². The first-order valence-electron chi connectivity index (χ1n) is 7.48. The number of aliphatic carboxylic acids is 1. The van der Waals surface area contributed by atoms with Gasteiger partial charge in [-0.3, -0.25) is 9.59 Å². The maximum atomic E-state index is 12.4. The van der Waals surface area contributed by atoms with E-state index in [9.17, 15) is 24.3 Å². The van der Waals surface area contributed by atoms with Crippen LogP contribution in [0.25, 0.3) is 0 Å². The van der Waals surface area contributed by atoms with Crippen molar-refractivity contribution in [3.05, 3.63) is 12.7 Å². The number of carboxylic acids is 1. The molecular weight excluding hydrogens is 336 g/mol. The number of carboxylic acid groups (broad SMARTS) is 1. The summed E-state index contributed by atoms with van der Waals surface area (Å²) in [7, 11) is 0. The number of hydrogen-bond donors (Lipinski definition) is 2. The van der Waals surface area contributed by atoms with Crippen molar-refractivity contribution in [1.29, 1.82) is 0 Å².